The smallest absolute Gasteiger partial charge is 0.254 e. The van der Waals surface area contributed by atoms with E-state index in [9.17, 15) is 18.8 Å². The van der Waals surface area contributed by atoms with Gasteiger partial charge in [0, 0.05) is 44.2 Å². The van der Waals surface area contributed by atoms with Crippen LogP contribution in [0, 0.1) is 18.7 Å². The maximum absolute atomic E-state index is 14.2. The number of carbonyl (C=O) groups is 2. The van der Waals surface area contributed by atoms with Gasteiger partial charge in [-0.3, -0.25) is 14.4 Å². The Balaban J connectivity index is 1.62. The first kappa shape index (κ1) is 19.4. The lowest BCUT2D eigenvalue weighted by Gasteiger charge is -2.46. The zero-order valence-corrected chi connectivity index (χ0v) is 16.5. The fraction of sp³-hybridized carbons (Fsp3) is 0.409. The summed E-state index contributed by atoms with van der Waals surface area (Å²) in [7, 11) is 0. The van der Waals surface area contributed by atoms with Gasteiger partial charge >= 0.3 is 0 Å². The number of rotatable bonds is 3. The molecule has 0 radical (unpaired) electrons. The van der Waals surface area contributed by atoms with Crippen LogP contribution >= 0.6 is 0 Å². The second-order valence-electron chi connectivity index (χ2n) is 8.04. The molecule has 0 unspecified atom stereocenters. The minimum absolute atomic E-state index is 0.0101. The highest BCUT2D eigenvalue weighted by molar-refractivity contribution is 5.94. The van der Waals surface area contributed by atoms with Crippen LogP contribution in [0.2, 0.25) is 0 Å². The van der Waals surface area contributed by atoms with Crippen molar-refractivity contribution < 1.29 is 14.0 Å². The third-order valence-corrected chi connectivity index (χ3v) is 6.08. The molecule has 4 rings (SSSR count). The number of piperidine rings is 1. The topological polar surface area (TPSA) is 71.4 Å². The first-order chi connectivity index (χ1) is 13.8. The number of benzene rings is 1. The Morgan fingerprint density at radius 2 is 2.00 bits per heavy atom. The van der Waals surface area contributed by atoms with Crippen molar-refractivity contribution in [2.75, 3.05) is 19.6 Å². The summed E-state index contributed by atoms with van der Waals surface area (Å²) >= 11 is 0. The van der Waals surface area contributed by atoms with Crippen molar-refractivity contribution in [1.29, 1.82) is 0 Å². The van der Waals surface area contributed by atoms with E-state index in [1.807, 2.05) is 11.0 Å². The number of aryl methyl sites for hydroxylation is 1. The van der Waals surface area contributed by atoms with Gasteiger partial charge in [0.25, 0.3) is 11.5 Å². The molecule has 1 aromatic carbocycles. The van der Waals surface area contributed by atoms with E-state index in [0.29, 0.717) is 13.1 Å². The molecule has 1 saturated heterocycles. The maximum atomic E-state index is 14.2. The standard InChI is InChI=1S/C22H24FN3O3/c1-13-6-7-17(18(23)8-13)22(29)24-10-20-16-9-15(11-25(12-16)14(2)27)19-4-3-5-21(28)26(19)20/h3-8,15-16,20H,9-12H2,1-2H3,(H,24,29)/t15-,16+,20+/m1/s1. The quantitative estimate of drug-likeness (QED) is 0.863. The Labute approximate surface area is 168 Å². The van der Waals surface area contributed by atoms with Crippen LogP contribution < -0.4 is 10.9 Å². The summed E-state index contributed by atoms with van der Waals surface area (Å²) in [4.78, 5) is 39.0. The molecule has 1 N–H and O–H groups in total. The van der Waals surface area contributed by atoms with Gasteiger partial charge in [-0.2, -0.15) is 0 Å². The number of aromatic nitrogens is 1. The summed E-state index contributed by atoms with van der Waals surface area (Å²) in [6.07, 6.45) is 0.854. The van der Waals surface area contributed by atoms with Crippen LogP contribution in [0.4, 0.5) is 4.39 Å². The highest BCUT2D eigenvalue weighted by Crippen LogP contribution is 2.40. The van der Waals surface area contributed by atoms with Crippen LogP contribution in [0.5, 0.6) is 0 Å². The number of halogens is 1. The van der Waals surface area contributed by atoms with Gasteiger partial charge in [0.1, 0.15) is 5.82 Å². The van der Waals surface area contributed by atoms with E-state index in [0.717, 1.165) is 17.7 Å². The summed E-state index contributed by atoms with van der Waals surface area (Å²) in [5.74, 6) is -0.906. The third-order valence-electron chi connectivity index (χ3n) is 6.08. The zero-order chi connectivity index (χ0) is 20.7. The third kappa shape index (κ3) is 3.57. The molecule has 2 aliphatic heterocycles. The summed E-state index contributed by atoms with van der Waals surface area (Å²) in [5, 5.41) is 2.80. The van der Waals surface area contributed by atoms with E-state index >= 15 is 0 Å². The Morgan fingerprint density at radius 3 is 2.72 bits per heavy atom. The second-order valence-corrected chi connectivity index (χ2v) is 8.04. The average Bonchev–Trinajstić information content (AvgIpc) is 2.68. The van der Waals surface area contributed by atoms with Gasteiger partial charge in [0.15, 0.2) is 0 Å². The molecular formula is C22H24FN3O3. The minimum atomic E-state index is -0.566. The molecule has 0 aliphatic carbocycles. The Bertz CT molecular complexity index is 1030. The number of likely N-dealkylation sites (tertiary alicyclic amines) is 1. The predicted molar refractivity (Wildman–Crippen MR) is 106 cm³/mol. The summed E-state index contributed by atoms with van der Waals surface area (Å²) < 4.78 is 15.9. The molecule has 1 aromatic heterocycles. The first-order valence-electron chi connectivity index (χ1n) is 9.86. The highest BCUT2D eigenvalue weighted by atomic mass is 19.1. The molecule has 2 amide bonds. The lowest BCUT2D eigenvalue weighted by atomic mass is 9.78. The van der Waals surface area contributed by atoms with E-state index in [1.165, 1.54) is 18.2 Å². The van der Waals surface area contributed by atoms with Crippen LogP contribution in [0.3, 0.4) is 0 Å². The first-order valence-corrected chi connectivity index (χ1v) is 9.86. The van der Waals surface area contributed by atoms with Gasteiger partial charge in [0.2, 0.25) is 5.91 Å². The van der Waals surface area contributed by atoms with Crippen LogP contribution in [-0.4, -0.2) is 40.9 Å². The molecule has 2 aliphatic rings. The molecule has 29 heavy (non-hydrogen) atoms. The Morgan fingerprint density at radius 1 is 1.21 bits per heavy atom. The number of nitrogens with one attached hydrogen (secondary N) is 1. The zero-order valence-electron chi connectivity index (χ0n) is 16.5. The summed E-state index contributed by atoms with van der Waals surface area (Å²) in [6.45, 7) is 4.66. The van der Waals surface area contributed by atoms with Crippen molar-refractivity contribution >= 4 is 11.8 Å². The van der Waals surface area contributed by atoms with E-state index in [-0.39, 0.29) is 41.5 Å². The number of nitrogens with zero attached hydrogens (tertiary/aromatic N) is 2. The molecule has 0 saturated carbocycles. The largest absolute Gasteiger partial charge is 0.350 e. The van der Waals surface area contributed by atoms with Gasteiger partial charge in [-0.05, 0) is 43.0 Å². The summed E-state index contributed by atoms with van der Waals surface area (Å²) in [5.41, 5.74) is 1.50. The predicted octanol–water partition coefficient (Wildman–Crippen LogP) is 2.23. The Hall–Kier alpha value is -2.96. The van der Waals surface area contributed by atoms with Crippen molar-refractivity contribution in [3.63, 3.8) is 0 Å². The minimum Gasteiger partial charge on any atom is -0.350 e. The van der Waals surface area contributed by atoms with Crippen LogP contribution in [0.1, 0.15) is 46.9 Å². The monoisotopic (exact) mass is 397 g/mol. The highest BCUT2D eigenvalue weighted by Gasteiger charge is 2.41. The SMILES string of the molecule is CC(=O)N1C[C@H]2C[C@@H](C1)[C@H](CNC(=O)c1ccc(C)cc1F)n1c2cccc1=O. The molecule has 152 valence electrons. The van der Waals surface area contributed by atoms with E-state index in [4.69, 9.17) is 0 Å². The van der Waals surface area contributed by atoms with E-state index in [2.05, 4.69) is 5.32 Å². The maximum Gasteiger partial charge on any atom is 0.254 e. The number of hydrogen-bond donors (Lipinski definition) is 1. The molecular weight excluding hydrogens is 373 g/mol. The molecule has 2 bridgehead atoms. The molecule has 2 aromatic rings. The van der Waals surface area contributed by atoms with Gasteiger partial charge in [-0.1, -0.05) is 12.1 Å². The van der Waals surface area contributed by atoms with Gasteiger partial charge in [-0.25, -0.2) is 4.39 Å². The van der Waals surface area contributed by atoms with Gasteiger partial charge in [-0.15, -0.1) is 0 Å². The van der Waals surface area contributed by atoms with Crippen molar-refractivity contribution in [3.05, 3.63) is 69.4 Å². The number of amides is 2. The lowest BCUT2D eigenvalue weighted by molar-refractivity contribution is -0.131. The number of pyridine rings is 1. The van der Waals surface area contributed by atoms with Crippen molar-refractivity contribution in [3.8, 4) is 0 Å². The van der Waals surface area contributed by atoms with Crippen LogP contribution in [0.25, 0.3) is 0 Å². The van der Waals surface area contributed by atoms with Crippen molar-refractivity contribution in [1.82, 2.24) is 14.8 Å². The van der Waals surface area contributed by atoms with Crippen LogP contribution in [-0.2, 0) is 4.79 Å². The second kappa shape index (κ2) is 7.46. The molecule has 7 heteroatoms. The molecule has 6 nitrogen and oxygen atoms in total. The van der Waals surface area contributed by atoms with E-state index in [1.54, 1.807) is 30.5 Å². The number of carbonyl (C=O) groups excluding carboxylic acids is 2. The molecule has 3 atom stereocenters. The Kier molecular flexibility index (Phi) is 4.98. The number of hydrogen-bond acceptors (Lipinski definition) is 3. The van der Waals surface area contributed by atoms with E-state index < -0.39 is 11.7 Å². The molecule has 3 heterocycles. The average molecular weight is 397 g/mol. The van der Waals surface area contributed by atoms with Gasteiger partial charge in [0.05, 0.1) is 11.6 Å². The molecule has 0 spiro atoms. The fourth-order valence-electron chi connectivity index (χ4n) is 4.66. The molecule has 1 fully saturated rings. The van der Waals surface area contributed by atoms with Crippen molar-refractivity contribution in [2.24, 2.45) is 5.92 Å². The van der Waals surface area contributed by atoms with Crippen molar-refractivity contribution in [2.45, 2.75) is 32.2 Å². The summed E-state index contributed by atoms with van der Waals surface area (Å²) in [6, 6.07) is 9.37. The van der Waals surface area contributed by atoms with Gasteiger partial charge < -0.3 is 14.8 Å². The lowest BCUT2D eigenvalue weighted by Crippen LogP contribution is -2.52. The number of fused-ring (bicyclic) bond motifs is 4. The fourth-order valence-corrected chi connectivity index (χ4v) is 4.66. The normalized spacial score (nSPS) is 22.7. The van der Waals surface area contributed by atoms with Crippen LogP contribution in [0.15, 0.2) is 41.2 Å².